The molecule has 1 aromatic carbocycles. The lowest BCUT2D eigenvalue weighted by atomic mass is 9.48. The van der Waals surface area contributed by atoms with Gasteiger partial charge in [-0.25, -0.2) is 9.78 Å². The number of likely N-dealkylation sites (tertiary alicyclic amines) is 1. The van der Waals surface area contributed by atoms with E-state index < -0.39 is 35.1 Å². The first-order valence-electron chi connectivity index (χ1n) is 27.2. The maximum Gasteiger partial charge on any atom is 0.331 e. The lowest BCUT2D eigenvalue weighted by Gasteiger charge is -2.58. The summed E-state index contributed by atoms with van der Waals surface area (Å²) < 4.78 is 5.70. The van der Waals surface area contributed by atoms with Crippen LogP contribution in [0.1, 0.15) is 169 Å². The summed E-state index contributed by atoms with van der Waals surface area (Å²) in [6.45, 7) is 16.4. The van der Waals surface area contributed by atoms with Gasteiger partial charge in [-0.1, -0.05) is 110 Å². The summed E-state index contributed by atoms with van der Waals surface area (Å²) in [5.41, 5.74) is 2.87. The number of hydrogen-bond acceptors (Lipinski definition) is 10. The molecule has 3 saturated carbocycles. The molecule has 1 aromatic heterocycles. The maximum absolute atomic E-state index is 14.0. The molecule has 3 heterocycles. The zero-order valence-corrected chi connectivity index (χ0v) is 45.2. The predicted octanol–water partition coefficient (Wildman–Crippen LogP) is 8.48. The van der Waals surface area contributed by atoms with Crippen LogP contribution in [0, 0.1) is 46.8 Å². The number of aliphatic hydroxyl groups excluding tert-OH is 1. The Hall–Kier alpha value is -4.63. The van der Waals surface area contributed by atoms with Gasteiger partial charge in [0, 0.05) is 43.3 Å². The fourth-order valence-electron chi connectivity index (χ4n) is 13.2. The third kappa shape index (κ3) is 12.6. The number of aromatic nitrogens is 1. The van der Waals surface area contributed by atoms with Crippen molar-refractivity contribution in [2.75, 3.05) is 13.2 Å². The molecule has 72 heavy (non-hydrogen) atoms. The van der Waals surface area contributed by atoms with Crippen molar-refractivity contribution in [3.8, 4) is 10.4 Å². The van der Waals surface area contributed by atoms with E-state index in [1.54, 1.807) is 31.3 Å². The minimum atomic E-state index is -1.12. The van der Waals surface area contributed by atoms with Crippen molar-refractivity contribution in [1.82, 2.24) is 31.2 Å². The van der Waals surface area contributed by atoms with Crippen LogP contribution in [0.2, 0.25) is 0 Å². The van der Waals surface area contributed by atoms with E-state index in [1.165, 1.54) is 4.90 Å². The molecule has 396 valence electrons. The van der Waals surface area contributed by atoms with Crippen LogP contribution in [-0.2, 0) is 40.0 Å². The van der Waals surface area contributed by atoms with Gasteiger partial charge in [0.25, 0.3) is 0 Å². The quantitative estimate of drug-likeness (QED) is 0.0602. The molecule has 2 aliphatic heterocycles. The number of amides is 5. The highest BCUT2D eigenvalue weighted by Gasteiger charge is 2.61. The Bertz CT molecular complexity index is 2290. The van der Waals surface area contributed by atoms with Crippen LogP contribution in [0.25, 0.3) is 10.4 Å². The van der Waals surface area contributed by atoms with Gasteiger partial charge in [0.1, 0.15) is 17.6 Å². The highest BCUT2D eigenvalue weighted by molar-refractivity contribution is 7.13. The molecule has 0 radical (unpaired) electrons. The van der Waals surface area contributed by atoms with Crippen LogP contribution in [0.5, 0.6) is 0 Å². The van der Waals surface area contributed by atoms with Crippen LogP contribution >= 0.6 is 11.3 Å². The zero-order chi connectivity index (χ0) is 52.0. The van der Waals surface area contributed by atoms with Crippen LogP contribution in [0.4, 0.5) is 0 Å². The van der Waals surface area contributed by atoms with Gasteiger partial charge in [0.15, 0.2) is 0 Å². The lowest BCUT2D eigenvalue weighted by molar-refractivity contribution is -0.154. The molecule has 0 spiro atoms. The van der Waals surface area contributed by atoms with Crippen LogP contribution in [-0.4, -0.2) is 93.4 Å². The molecule has 3 aliphatic carbocycles. The number of nitrogens with one attached hydrogen (secondary N) is 4. The third-order valence-corrected chi connectivity index (χ3v) is 18.4. The number of fused-ring (bicyclic) bond motifs is 5. The first-order chi connectivity index (χ1) is 34.1. The maximum atomic E-state index is 14.0. The highest BCUT2D eigenvalue weighted by atomic mass is 32.1. The number of hydrogen-bond donors (Lipinski definition) is 5. The number of carbonyl (C=O) groups is 6. The van der Waals surface area contributed by atoms with Gasteiger partial charge in [-0.3, -0.25) is 24.0 Å². The van der Waals surface area contributed by atoms with Crippen molar-refractivity contribution < 1.29 is 38.6 Å². The van der Waals surface area contributed by atoms with Crippen molar-refractivity contribution in [2.24, 2.45) is 39.9 Å². The molecular formula is C57H84N6O8S. The lowest BCUT2D eigenvalue weighted by Crippen LogP contribution is -2.60. The molecule has 2 aromatic rings. The monoisotopic (exact) mass is 1010 g/mol. The molecule has 15 heteroatoms. The number of benzene rings is 1. The second-order valence-corrected chi connectivity index (χ2v) is 24.9. The number of ether oxygens (including phenoxy) is 1. The largest absolute Gasteiger partial charge is 0.464 e. The molecule has 5 amide bonds. The number of β-amino-alcohol motifs (C(OH)–C–C–N with tert-alkyl or cyclic N) is 1. The van der Waals surface area contributed by atoms with Gasteiger partial charge in [-0.05, 0) is 118 Å². The molecule has 7 rings (SSSR count). The predicted molar refractivity (Wildman–Crippen MR) is 280 cm³/mol. The van der Waals surface area contributed by atoms with Gasteiger partial charge in [0.2, 0.25) is 29.5 Å². The summed E-state index contributed by atoms with van der Waals surface area (Å²) in [4.78, 5) is 86.9. The summed E-state index contributed by atoms with van der Waals surface area (Å²) in [6, 6.07) is 6.42. The number of esters is 1. The van der Waals surface area contributed by atoms with E-state index in [4.69, 9.17) is 4.74 Å². The van der Waals surface area contributed by atoms with Crippen LogP contribution in [0.3, 0.4) is 0 Å². The number of aryl methyl sites for hydroxylation is 1. The molecule has 0 unspecified atom stereocenters. The molecular weight excluding hydrogens is 929 g/mol. The Kier molecular flexibility index (Phi) is 17.8. The number of nitrogens with zero attached hydrogens (tertiary/aromatic N) is 2. The Labute approximate surface area is 432 Å². The molecule has 5 N–H and O–H groups in total. The number of thiazole rings is 1. The highest BCUT2D eigenvalue weighted by Crippen LogP contribution is 2.65. The zero-order valence-electron chi connectivity index (χ0n) is 44.4. The number of carbonyl (C=O) groups excluding carboxylic acids is 6. The molecule has 10 atom stereocenters. The van der Waals surface area contributed by atoms with E-state index in [2.05, 4.69) is 46.2 Å². The van der Waals surface area contributed by atoms with Gasteiger partial charge in [0.05, 0.1) is 28.8 Å². The number of rotatable bonds is 21. The first kappa shape index (κ1) is 55.1. The third-order valence-electron chi connectivity index (χ3n) is 17.4. The van der Waals surface area contributed by atoms with Gasteiger partial charge in [-0.2, -0.15) is 0 Å². The Morgan fingerprint density at radius 1 is 0.889 bits per heavy atom. The van der Waals surface area contributed by atoms with Gasteiger partial charge in [-0.15, -0.1) is 11.3 Å². The summed E-state index contributed by atoms with van der Waals surface area (Å²) in [5, 5.41) is 22.9. The summed E-state index contributed by atoms with van der Waals surface area (Å²) >= 11 is 1.58. The summed E-state index contributed by atoms with van der Waals surface area (Å²) in [6.07, 6.45) is 18.0. The van der Waals surface area contributed by atoms with E-state index >= 15 is 0 Å². The average Bonchev–Trinajstić information content (AvgIpc) is 4.05. The van der Waals surface area contributed by atoms with E-state index in [0.29, 0.717) is 37.2 Å². The van der Waals surface area contributed by atoms with E-state index in [0.717, 1.165) is 112 Å². The molecule has 14 nitrogen and oxygen atoms in total. The van der Waals surface area contributed by atoms with E-state index in [-0.39, 0.29) is 71.8 Å². The Morgan fingerprint density at radius 3 is 2.24 bits per heavy atom. The van der Waals surface area contributed by atoms with Crippen molar-refractivity contribution in [1.29, 1.82) is 0 Å². The first-order valence-corrected chi connectivity index (χ1v) is 28.0. The summed E-state index contributed by atoms with van der Waals surface area (Å²) in [7, 11) is 0. The van der Waals surface area contributed by atoms with Gasteiger partial charge >= 0.3 is 5.97 Å². The van der Waals surface area contributed by atoms with Crippen molar-refractivity contribution in [3.63, 3.8) is 0 Å². The summed E-state index contributed by atoms with van der Waals surface area (Å²) in [5.74, 6) is 0.00743. The topological polar surface area (TPSA) is 196 Å². The SMILES string of the molecule is Cc1ncsc1-c1ccc(CNC(=O)[C@@H]2C[C@@H](O)CN2C(=O)[C@@H](NC(=O)CCCCCCCCCCCOC(=O)C(C)(C)NC(=O)[C@H]2CC[C@H]3[C@@H]4CC[C@H]5NC(=O)C=C[C@]5(C)[C@H]4CC[C@]23C)C(C)(C)C)cc1. The smallest absolute Gasteiger partial charge is 0.331 e. The fraction of sp³-hybridized carbons (Fsp3) is 0.702. The molecule has 1 saturated heterocycles. The minimum Gasteiger partial charge on any atom is -0.464 e. The standard InChI is InChI=1S/C57H84N6O8S/c1-36-48(72-35-59-36)38-21-19-37(20-22-38)33-58-51(68)44-32-39(64)34-63(44)52(69)49(54(2,3)4)61-46(65)18-16-14-12-10-9-11-13-15-17-31-71-53(70)55(5,6)62-50(67)43-25-24-41-40-23-26-45-57(8,30-28-47(66)60-45)42(40)27-29-56(41,43)7/h19-22,28,30,35,39-45,49,64H,9-18,23-27,29,31-34H2,1-8H3,(H,58,68)(H,60,66)(H,61,65)(H,62,67)/t39-,40+,41+,42+,43-,44+,45-,49-,56+,57-/m1/s1. The van der Waals surface area contributed by atoms with Crippen LogP contribution in [0.15, 0.2) is 41.9 Å². The molecule has 5 aliphatic rings. The number of unbranched alkanes of at least 4 members (excludes halogenated alkanes) is 8. The van der Waals surface area contributed by atoms with Crippen molar-refractivity contribution in [2.45, 2.75) is 201 Å². The van der Waals surface area contributed by atoms with E-state index in [9.17, 15) is 33.9 Å². The number of aliphatic hydroxyl groups is 1. The second-order valence-electron chi connectivity index (χ2n) is 24.0. The minimum absolute atomic E-state index is 0.0107. The van der Waals surface area contributed by atoms with Gasteiger partial charge < -0.3 is 36.0 Å². The molecule has 4 fully saturated rings. The normalized spacial score (nSPS) is 28.3. The van der Waals surface area contributed by atoms with E-state index in [1.807, 2.05) is 57.5 Å². The fourth-order valence-corrected chi connectivity index (χ4v) is 14.0. The average molecular weight is 1010 g/mol. The van der Waals surface area contributed by atoms with Crippen molar-refractivity contribution >= 4 is 46.8 Å². The van der Waals surface area contributed by atoms with Crippen LogP contribution < -0.4 is 21.3 Å². The second kappa shape index (κ2) is 23.3. The van der Waals surface area contributed by atoms with Crippen molar-refractivity contribution in [3.05, 3.63) is 53.2 Å². The Balaban J connectivity index is 0.740. The molecule has 0 bridgehead atoms. The Morgan fingerprint density at radius 2 is 1.57 bits per heavy atom.